The number of nitrogens with one attached hydrogen (secondary N) is 1. The van der Waals surface area contributed by atoms with E-state index in [0.717, 1.165) is 48.9 Å². The van der Waals surface area contributed by atoms with Crippen molar-refractivity contribution in [1.82, 2.24) is 10.1 Å². The Morgan fingerprint density at radius 1 is 1.07 bits per heavy atom. The first-order valence-corrected chi connectivity index (χ1v) is 9.26. The molecule has 144 valence electrons. The maximum atomic E-state index is 12.7. The summed E-state index contributed by atoms with van der Waals surface area (Å²) in [7, 11) is 0. The van der Waals surface area contributed by atoms with E-state index in [4.69, 9.17) is 9.26 Å². The minimum Gasteiger partial charge on any atom is -0.378 e. The number of hydrogen-bond donors (Lipinski definition) is 1. The lowest BCUT2D eigenvalue weighted by atomic mass is 10.1. The number of morpholine rings is 1. The molecule has 7 heteroatoms. The Morgan fingerprint density at radius 2 is 1.82 bits per heavy atom. The summed E-state index contributed by atoms with van der Waals surface area (Å²) >= 11 is 0. The Morgan fingerprint density at radius 3 is 2.50 bits per heavy atom. The number of pyridine rings is 1. The van der Waals surface area contributed by atoms with Gasteiger partial charge in [-0.05, 0) is 50.2 Å². The summed E-state index contributed by atoms with van der Waals surface area (Å²) in [5.74, 6) is 0.425. The Bertz CT molecular complexity index is 956. The summed E-state index contributed by atoms with van der Waals surface area (Å²) in [6.45, 7) is 6.93. The molecule has 4 rings (SSSR count). The van der Waals surface area contributed by atoms with Crippen LogP contribution < -0.4 is 10.2 Å². The number of aryl methyl sites for hydroxylation is 2. The van der Waals surface area contributed by atoms with Crippen LogP contribution in [-0.4, -0.2) is 42.4 Å². The smallest absolute Gasteiger partial charge is 0.274 e. The van der Waals surface area contributed by atoms with E-state index < -0.39 is 0 Å². The lowest BCUT2D eigenvalue weighted by Crippen LogP contribution is -2.36. The van der Waals surface area contributed by atoms with Gasteiger partial charge in [0.25, 0.3) is 5.91 Å². The highest BCUT2D eigenvalue weighted by atomic mass is 16.5. The molecular weight excluding hydrogens is 356 g/mol. The highest BCUT2D eigenvalue weighted by Crippen LogP contribution is 2.25. The Hall–Kier alpha value is -3.19. The number of nitrogens with zero attached hydrogens (tertiary/aromatic N) is 3. The van der Waals surface area contributed by atoms with E-state index in [1.807, 2.05) is 50.2 Å². The molecule has 2 aromatic heterocycles. The Kier molecular flexibility index (Phi) is 5.08. The zero-order valence-corrected chi connectivity index (χ0v) is 15.9. The van der Waals surface area contributed by atoms with Crippen molar-refractivity contribution in [3.05, 3.63) is 59.6 Å². The van der Waals surface area contributed by atoms with Gasteiger partial charge in [0.2, 0.25) is 0 Å². The molecule has 3 aromatic rings. The first kappa shape index (κ1) is 18.2. The summed E-state index contributed by atoms with van der Waals surface area (Å²) in [4.78, 5) is 19.4. The fraction of sp³-hybridized carbons (Fsp3) is 0.286. The van der Waals surface area contributed by atoms with E-state index in [0.29, 0.717) is 17.1 Å². The molecule has 7 nitrogen and oxygen atoms in total. The van der Waals surface area contributed by atoms with Crippen molar-refractivity contribution in [3.8, 4) is 11.3 Å². The third-order valence-corrected chi connectivity index (χ3v) is 4.77. The minimum atomic E-state index is -0.257. The summed E-state index contributed by atoms with van der Waals surface area (Å²) in [6, 6.07) is 13.2. The van der Waals surface area contributed by atoms with Crippen LogP contribution in [0.15, 0.2) is 47.0 Å². The molecule has 1 aliphatic heterocycles. The first-order chi connectivity index (χ1) is 13.6. The molecule has 1 amide bonds. The van der Waals surface area contributed by atoms with Gasteiger partial charge in [-0.3, -0.25) is 4.79 Å². The molecule has 1 aromatic carbocycles. The zero-order chi connectivity index (χ0) is 19.5. The number of benzene rings is 1. The van der Waals surface area contributed by atoms with Crippen LogP contribution in [0.1, 0.15) is 21.9 Å². The van der Waals surface area contributed by atoms with Crippen LogP contribution in [0.25, 0.3) is 11.3 Å². The molecule has 0 bridgehead atoms. The minimum absolute atomic E-state index is 0.257. The van der Waals surface area contributed by atoms with Gasteiger partial charge in [0.15, 0.2) is 0 Å². The number of ether oxygens (including phenoxy) is 1. The van der Waals surface area contributed by atoms with Crippen molar-refractivity contribution in [3.63, 3.8) is 0 Å². The second kappa shape index (κ2) is 7.82. The van der Waals surface area contributed by atoms with Crippen molar-refractivity contribution in [2.45, 2.75) is 13.8 Å². The van der Waals surface area contributed by atoms with Crippen LogP contribution >= 0.6 is 0 Å². The monoisotopic (exact) mass is 378 g/mol. The highest BCUT2D eigenvalue weighted by Gasteiger charge is 2.16. The number of amides is 1. The van der Waals surface area contributed by atoms with Crippen LogP contribution in [0.3, 0.4) is 0 Å². The number of carbonyl (C=O) groups excluding carboxylic acids is 1. The summed E-state index contributed by atoms with van der Waals surface area (Å²) in [5, 5.41) is 6.86. The van der Waals surface area contributed by atoms with Gasteiger partial charge < -0.3 is 19.5 Å². The molecule has 0 unspecified atom stereocenters. The third-order valence-electron chi connectivity index (χ3n) is 4.77. The maximum absolute atomic E-state index is 12.7. The van der Waals surface area contributed by atoms with E-state index in [-0.39, 0.29) is 5.91 Å². The van der Waals surface area contributed by atoms with Crippen molar-refractivity contribution >= 4 is 17.3 Å². The molecule has 1 aliphatic rings. The molecule has 28 heavy (non-hydrogen) atoms. The van der Waals surface area contributed by atoms with Crippen LogP contribution in [0.4, 0.5) is 11.4 Å². The average Bonchev–Trinajstić information content (AvgIpc) is 3.07. The van der Waals surface area contributed by atoms with E-state index in [1.54, 1.807) is 6.07 Å². The van der Waals surface area contributed by atoms with Crippen molar-refractivity contribution in [2.24, 2.45) is 0 Å². The number of aromatic nitrogens is 2. The number of carbonyl (C=O) groups is 1. The van der Waals surface area contributed by atoms with Crippen LogP contribution in [0.2, 0.25) is 0 Å². The normalized spacial score (nSPS) is 14.1. The molecule has 0 saturated carbocycles. The average molecular weight is 378 g/mol. The summed E-state index contributed by atoms with van der Waals surface area (Å²) in [5.41, 5.74) is 4.44. The van der Waals surface area contributed by atoms with E-state index >= 15 is 0 Å². The van der Waals surface area contributed by atoms with E-state index in [1.165, 1.54) is 0 Å². The van der Waals surface area contributed by atoms with Gasteiger partial charge in [0.05, 0.1) is 30.2 Å². The maximum Gasteiger partial charge on any atom is 0.274 e. The largest absolute Gasteiger partial charge is 0.378 e. The lowest BCUT2D eigenvalue weighted by Gasteiger charge is -2.28. The van der Waals surface area contributed by atoms with Gasteiger partial charge in [-0.15, -0.1) is 0 Å². The molecule has 0 atom stereocenters. The van der Waals surface area contributed by atoms with Crippen LogP contribution in [-0.2, 0) is 4.74 Å². The predicted octanol–water partition coefficient (Wildman–Crippen LogP) is 3.44. The van der Waals surface area contributed by atoms with Crippen molar-refractivity contribution in [2.75, 3.05) is 36.5 Å². The Balaban J connectivity index is 1.49. The molecule has 0 aliphatic carbocycles. The van der Waals surface area contributed by atoms with Gasteiger partial charge in [-0.1, -0.05) is 11.2 Å². The second-order valence-corrected chi connectivity index (χ2v) is 6.71. The quantitative estimate of drug-likeness (QED) is 0.749. The van der Waals surface area contributed by atoms with Crippen molar-refractivity contribution in [1.29, 1.82) is 0 Å². The lowest BCUT2D eigenvalue weighted by molar-refractivity contribution is 0.102. The van der Waals surface area contributed by atoms with E-state index in [2.05, 4.69) is 20.4 Å². The molecule has 0 radical (unpaired) electrons. The zero-order valence-electron chi connectivity index (χ0n) is 15.9. The van der Waals surface area contributed by atoms with Gasteiger partial charge in [-0.2, -0.15) is 0 Å². The Labute approximate surface area is 163 Å². The molecule has 1 fully saturated rings. The second-order valence-electron chi connectivity index (χ2n) is 6.71. The molecule has 0 spiro atoms. The molecule has 3 heterocycles. The summed E-state index contributed by atoms with van der Waals surface area (Å²) < 4.78 is 10.6. The fourth-order valence-corrected chi connectivity index (χ4v) is 3.32. The number of anilines is 2. The first-order valence-electron chi connectivity index (χ1n) is 9.26. The highest BCUT2D eigenvalue weighted by molar-refractivity contribution is 6.03. The predicted molar refractivity (Wildman–Crippen MR) is 107 cm³/mol. The molecular formula is C21H22N4O3. The van der Waals surface area contributed by atoms with Gasteiger partial charge >= 0.3 is 0 Å². The van der Waals surface area contributed by atoms with Gasteiger partial charge in [-0.25, -0.2) is 4.98 Å². The van der Waals surface area contributed by atoms with Crippen LogP contribution in [0.5, 0.6) is 0 Å². The molecule has 1 N–H and O–H groups in total. The fourth-order valence-electron chi connectivity index (χ4n) is 3.32. The van der Waals surface area contributed by atoms with Crippen LogP contribution in [0, 0.1) is 13.8 Å². The number of rotatable bonds is 4. The van der Waals surface area contributed by atoms with E-state index in [9.17, 15) is 4.79 Å². The topological polar surface area (TPSA) is 80.5 Å². The third kappa shape index (κ3) is 3.75. The summed E-state index contributed by atoms with van der Waals surface area (Å²) in [6.07, 6.45) is 0. The number of hydrogen-bond acceptors (Lipinski definition) is 6. The van der Waals surface area contributed by atoms with Gasteiger partial charge in [0.1, 0.15) is 11.5 Å². The molecule has 1 saturated heterocycles. The SMILES string of the molecule is Cc1noc(C)c1-c1cccc(C(=O)Nc2ccc(N3CCOCC3)cc2)n1. The van der Waals surface area contributed by atoms with Gasteiger partial charge in [0, 0.05) is 24.5 Å². The van der Waals surface area contributed by atoms with Crippen molar-refractivity contribution < 1.29 is 14.1 Å². The standard InChI is InChI=1S/C21H22N4O3/c1-14-20(15(2)28-24-14)18-4-3-5-19(23-18)21(26)22-16-6-8-17(9-7-16)25-10-12-27-13-11-25/h3-9H,10-13H2,1-2H3,(H,22,26).